The van der Waals surface area contributed by atoms with Crippen LogP contribution in [-0.4, -0.2) is 28.7 Å². The fourth-order valence-electron chi connectivity index (χ4n) is 8.10. The maximum Gasteiger partial charge on any atom is 0.453 e. The summed E-state index contributed by atoms with van der Waals surface area (Å²) in [6, 6.07) is 6.07. The van der Waals surface area contributed by atoms with Crippen molar-refractivity contribution in [3.63, 3.8) is 0 Å². The van der Waals surface area contributed by atoms with Crippen molar-refractivity contribution in [3.05, 3.63) is 41.5 Å². The number of phenols is 1. The highest BCUT2D eigenvalue weighted by atomic mass is 32.2. The minimum atomic E-state index is -5.44. The number of fused-ring (bicyclic) bond motifs is 5. The predicted molar refractivity (Wildman–Crippen MR) is 155 cm³/mol. The van der Waals surface area contributed by atoms with Crippen LogP contribution in [0.5, 0.6) is 5.75 Å². The number of hydrogen-bond acceptors (Lipinski definition) is 2. The number of benzene rings is 1. The molecule has 7 heteroatoms. The van der Waals surface area contributed by atoms with Crippen molar-refractivity contribution in [2.75, 3.05) is 11.5 Å². The van der Waals surface area contributed by atoms with Crippen LogP contribution in [0, 0.1) is 23.2 Å². The summed E-state index contributed by atoms with van der Waals surface area (Å²) in [6.45, 7) is 6.95. The second kappa shape index (κ2) is 13.4. The van der Waals surface area contributed by atoms with Crippen LogP contribution < -0.4 is 0 Å². The van der Waals surface area contributed by atoms with Crippen molar-refractivity contribution in [1.82, 2.24) is 0 Å². The monoisotopic (exact) mass is 586 g/mol. The maximum absolute atomic E-state index is 12.9. The second-order valence-corrected chi connectivity index (χ2v) is 14.1. The molecule has 0 aromatic heterocycles. The molecule has 3 unspecified atom stereocenters. The number of rotatable bonds is 14. The highest BCUT2D eigenvalue weighted by Gasteiger charge is 2.56. The lowest BCUT2D eigenvalue weighted by Gasteiger charge is -2.52. The Kier molecular flexibility index (Phi) is 10.6. The van der Waals surface area contributed by atoms with E-state index >= 15 is 0 Å². The van der Waals surface area contributed by atoms with Crippen molar-refractivity contribution in [3.8, 4) is 5.75 Å². The minimum Gasteiger partial charge on any atom is -0.508 e. The smallest absolute Gasteiger partial charge is 0.453 e. The first kappa shape index (κ1) is 31.7. The van der Waals surface area contributed by atoms with Crippen molar-refractivity contribution in [2.24, 2.45) is 23.2 Å². The quantitative estimate of drug-likeness (QED) is 0.133. The van der Waals surface area contributed by atoms with Gasteiger partial charge in [-0.15, -0.1) is 0 Å². The molecule has 1 N–H and O–H groups in total. The molecule has 1 nitrogen and oxygen atoms in total. The van der Waals surface area contributed by atoms with Crippen LogP contribution in [0.4, 0.5) is 22.0 Å². The first-order chi connectivity index (χ1) is 18.9. The fraction of sp³-hybridized carbons (Fsp3) is 0.758. The van der Waals surface area contributed by atoms with E-state index in [1.165, 1.54) is 86.2 Å². The minimum absolute atomic E-state index is 0.110. The summed E-state index contributed by atoms with van der Waals surface area (Å²) in [5.41, 5.74) is 4.60. The molecule has 3 aliphatic carbocycles. The van der Waals surface area contributed by atoms with Gasteiger partial charge in [0.1, 0.15) is 5.75 Å². The zero-order valence-corrected chi connectivity index (χ0v) is 24.8. The molecule has 0 saturated heterocycles. The van der Waals surface area contributed by atoms with Gasteiger partial charge in [0.2, 0.25) is 0 Å². The Balaban J connectivity index is 1.14. The molecule has 3 aliphatic rings. The molecule has 2 fully saturated rings. The highest BCUT2D eigenvalue weighted by molar-refractivity contribution is 7.99. The van der Waals surface area contributed by atoms with E-state index in [1.807, 2.05) is 12.1 Å². The molecule has 40 heavy (non-hydrogen) atoms. The zero-order chi connectivity index (χ0) is 29.0. The lowest BCUT2D eigenvalue weighted by molar-refractivity contribution is -0.284. The molecule has 4 rings (SSSR count). The number of hydrogen-bond donors (Lipinski definition) is 1. The fourth-order valence-corrected chi connectivity index (χ4v) is 9.06. The molecule has 1 aromatic carbocycles. The Bertz CT molecular complexity index is 992. The van der Waals surface area contributed by atoms with Gasteiger partial charge in [0.15, 0.2) is 0 Å². The summed E-state index contributed by atoms with van der Waals surface area (Å²) < 4.78 is 62.4. The molecule has 0 bridgehead atoms. The predicted octanol–water partition coefficient (Wildman–Crippen LogP) is 10.9. The number of allylic oxidation sites excluding steroid dienone is 1. The molecule has 226 valence electrons. The average molecular weight is 587 g/mol. The lowest BCUT2D eigenvalue weighted by Crippen LogP contribution is -2.44. The van der Waals surface area contributed by atoms with E-state index in [4.69, 9.17) is 0 Å². The summed E-state index contributed by atoms with van der Waals surface area (Å²) in [7, 11) is 0. The Morgan fingerprint density at radius 1 is 0.950 bits per heavy atom. The number of aromatic hydroxyl groups is 1. The van der Waals surface area contributed by atoms with Crippen LogP contribution in [0.2, 0.25) is 0 Å². The van der Waals surface area contributed by atoms with E-state index in [9.17, 15) is 27.1 Å². The Morgan fingerprint density at radius 3 is 2.35 bits per heavy atom. The number of phenolic OH excluding ortho intramolecular Hbond substituents is 1. The van der Waals surface area contributed by atoms with E-state index in [2.05, 4.69) is 19.6 Å². The topological polar surface area (TPSA) is 20.2 Å². The van der Waals surface area contributed by atoms with Gasteiger partial charge in [0, 0.05) is 6.42 Å². The third-order valence-electron chi connectivity index (χ3n) is 10.4. The van der Waals surface area contributed by atoms with Crippen molar-refractivity contribution >= 4 is 11.8 Å². The summed E-state index contributed by atoms with van der Waals surface area (Å²) in [4.78, 5) is 0. The standard InChI is InChI=1S/C33H47F5OS/c1-23-12-15-29-30-24(21-25-22-26(39)13-14-27(25)28(30)16-18-31(23,29)2)11-8-6-4-3-5-7-9-19-40-20-10-17-32(34,35)33(36,37)38/h13-14,22,24,28-30,39H,1,3-12,15-21H2,2H3/t24-,28?,29?,30?,31-/m1/s1. The van der Waals surface area contributed by atoms with E-state index in [1.54, 1.807) is 0 Å². The average Bonchev–Trinajstić information content (AvgIpc) is 3.19. The van der Waals surface area contributed by atoms with E-state index < -0.39 is 18.5 Å². The van der Waals surface area contributed by atoms with E-state index in [-0.39, 0.29) is 6.42 Å². The van der Waals surface area contributed by atoms with Gasteiger partial charge in [-0.25, -0.2) is 0 Å². The first-order valence-corrected chi connectivity index (χ1v) is 16.6. The summed E-state index contributed by atoms with van der Waals surface area (Å²) in [5.74, 6) is -0.287. The normalized spacial score (nSPS) is 28.3. The zero-order valence-electron chi connectivity index (χ0n) is 24.0. The molecule has 0 radical (unpaired) electrons. The molecule has 0 spiro atoms. The molecule has 0 amide bonds. The Hall–Kier alpha value is -1.24. The Morgan fingerprint density at radius 2 is 1.62 bits per heavy atom. The number of alkyl halides is 5. The number of unbranched alkanes of at least 4 members (excludes halogenated alkanes) is 6. The lowest BCUT2D eigenvalue weighted by atomic mass is 9.52. The van der Waals surface area contributed by atoms with Crippen LogP contribution in [0.3, 0.4) is 0 Å². The molecular formula is C33H47F5OS. The number of thioether (sulfide) groups is 1. The van der Waals surface area contributed by atoms with Crippen molar-refractivity contribution < 1.29 is 27.1 Å². The van der Waals surface area contributed by atoms with Gasteiger partial charge in [-0.2, -0.15) is 33.7 Å². The van der Waals surface area contributed by atoms with Gasteiger partial charge in [0.05, 0.1) is 0 Å². The van der Waals surface area contributed by atoms with E-state index in [0.717, 1.165) is 37.4 Å². The van der Waals surface area contributed by atoms with Crippen LogP contribution >= 0.6 is 11.8 Å². The first-order valence-electron chi connectivity index (χ1n) is 15.5. The summed E-state index contributed by atoms with van der Waals surface area (Å²) in [6.07, 6.45) is 8.68. The van der Waals surface area contributed by atoms with Crippen molar-refractivity contribution in [1.29, 1.82) is 0 Å². The number of halogens is 5. The maximum atomic E-state index is 12.9. The van der Waals surface area contributed by atoms with Gasteiger partial charge >= 0.3 is 12.1 Å². The molecular weight excluding hydrogens is 539 g/mol. The van der Waals surface area contributed by atoms with Gasteiger partial charge in [-0.1, -0.05) is 63.7 Å². The third-order valence-corrected chi connectivity index (χ3v) is 11.6. The SMILES string of the molecule is C=C1CCC2C3C(CC[C@]12C)c1ccc(O)cc1C[C@H]3CCCCCCCCCSCCCC(F)(F)C(F)(F)F. The van der Waals surface area contributed by atoms with Crippen molar-refractivity contribution in [2.45, 2.75) is 121 Å². The van der Waals surface area contributed by atoms with Gasteiger partial charge in [0.25, 0.3) is 0 Å². The van der Waals surface area contributed by atoms with E-state index in [0.29, 0.717) is 34.7 Å². The Labute approximate surface area is 241 Å². The van der Waals surface area contributed by atoms with Gasteiger partial charge in [-0.3, -0.25) is 0 Å². The van der Waals surface area contributed by atoms with Crippen LogP contribution in [0.25, 0.3) is 0 Å². The molecule has 1 aromatic rings. The van der Waals surface area contributed by atoms with Gasteiger partial charge < -0.3 is 5.11 Å². The molecule has 2 saturated carbocycles. The highest BCUT2D eigenvalue weighted by Crippen LogP contribution is 2.64. The third kappa shape index (κ3) is 7.21. The summed E-state index contributed by atoms with van der Waals surface area (Å²) >= 11 is 1.48. The second-order valence-electron chi connectivity index (χ2n) is 12.9. The molecule has 5 atom stereocenters. The molecule has 0 heterocycles. The molecule has 0 aliphatic heterocycles. The summed E-state index contributed by atoms with van der Waals surface area (Å²) in [5, 5.41) is 10.2. The van der Waals surface area contributed by atoms with Gasteiger partial charge in [-0.05, 0) is 115 Å². The van der Waals surface area contributed by atoms with Crippen LogP contribution in [0.15, 0.2) is 30.4 Å². The largest absolute Gasteiger partial charge is 0.508 e. The van der Waals surface area contributed by atoms with Crippen LogP contribution in [-0.2, 0) is 6.42 Å². The van der Waals surface area contributed by atoms with Crippen LogP contribution in [0.1, 0.15) is 114 Å².